The molecule has 0 aromatic carbocycles. The Hall–Kier alpha value is -1.06. The molecule has 2 rings (SSSR count). The van der Waals surface area contributed by atoms with Crippen LogP contribution in [0.3, 0.4) is 0 Å². The van der Waals surface area contributed by atoms with Crippen LogP contribution in [0.25, 0.3) is 0 Å². The summed E-state index contributed by atoms with van der Waals surface area (Å²) in [6.45, 7) is 5.14. The number of fused-ring (bicyclic) bond motifs is 2. The molecule has 0 aromatic heterocycles. The van der Waals surface area contributed by atoms with E-state index in [1.807, 2.05) is 13.8 Å². The van der Waals surface area contributed by atoms with Gasteiger partial charge in [0, 0.05) is 13.1 Å². The molecule has 2 saturated carbocycles. The molecule has 17 heavy (non-hydrogen) atoms. The van der Waals surface area contributed by atoms with Crippen LogP contribution < -0.4 is 10.6 Å². The molecule has 0 spiro atoms. The van der Waals surface area contributed by atoms with Crippen LogP contribution in [0.2, 0.25) is 0 Å². The van der Waals surface area contributed by atoms with E-state index >= 15 is 0 Å². The molecular formula is C13H22N2O2. The van der Waals surface area contributed by atoms with E-state index in [9.17, 15) is 9.59 Å². The fraction of sp³-hybridized carbons (Fsp3) is 0.846. The van der Waals surface area contributed by atoms with Crippen molar-refractivity contribution in [2.45, 2.75) is 33.1 Å². The van der Waals surface area contributed by atoms with Crippen LogP contribution in [0.1, 0.15) is 33.1 Å². The average molecular weight is 238 g/mol. The van der Waals surface area contributed by atoms with Crippen LogP contribution >= 0.6 is 0 Å². The van der Waals surface area contributed by atoms with Gasteiger partial charge >= 0.3 is 0 Å². The molecule has 0 aromatic rings. The van der Waals surface area contributed by atoms with Gasteiger partial charge in [-0.3, -0.25) is 9.59 Å². The fourth-order valence-electron chi connectivity index (χ4n) is 3.63. The number of amides is 2. The maximum Gasteiger partial charge on any atom is 0.224 e. The Bertz CT molecular complexity index is 287. The molecule has 2 amide bonds. The molecular weight excluding hydrogens is 216 g/mol. The van der Waals surface area contributed by atoms with Crippen LogP contribution in [0, 0.1) is 23.7 Å². The van der Waals surface area contributed by atoms with E-state index in [0.717, 1.165) is 19.3 Å². The summed E-state index contributed by atoms with van der Waals surface area (Å²) in [5, 5.41) is 5.76. The zero-order valence-corrected chi connectivity index (χ0v) is 10.7. The Balaban J connectivity index is 2.11. The summed E-state index contributed by atoms with van der Waals surface area (Å²) in [6.07, 6.45) is 3.29. The largest absolute Gasteiger partial charge is 0.356 e. The van der Waals surface area contributed by atoms with E-state index in [1.165, 1.54) is 0 Å². The minimum absolute atomic E-state index is 0.0796. The van der Waals surface area contributed by atoms with Gasteiger partial charge in [-0.05, 0) is 44.9 Å². The second-order valence-corrected chi connectivity index (χ2v) is 5.17. The van der Waals surface area contributed by atoms with Gasteiger partial charge in [-0.25, -0.2) is 0 Å². The van der Waals surface area contributed by atoms with Gasteiger partial charge in [0.1, 0.15) is 0 Å². The van der Waals surface area contributed by atoms with Crippen molar-refractivity contribution >= 4 is 11.8 Å². The van der Waals surface area contributed by atoms with Crippen LogP contribution in [0.15, 0.2) is 0 Å². The van der Waals surface area contributed by atoms with Crippen LogP contribution in [0.4, 0.5) is 0 Å². The lowest BCUT2D eigenvalue weighted by Gasteiger charge is -2.28. The summed E-state index contributed by atoms with van der Waals surface area (Å²) in [4.78, 5) is 24.1. The van der Waals surface area contributed by atoms with E-state index in [2.05, 4.69) is 10.6 Å². The fourth-order valence-corrected chi connectivity index (χ4v) is 3.63. The maximum atomic E-state index is 12.1. The Morgan fingerprint density at radius 3 is 1.71 bits per heavy atom. The smallest absolute Gasteiger partial charge is 0.224 e. The average Bonchev–Trinajstić information content (AvgIpc) is 2.89. The van der Waals surface area contributed by atoms with Gasteiger partial charge in [0.15, 0.2) is 0 Å². The summed E-state index contributed by atoms with van der Waals surface area (Å²) in [5.41, 5.74) is 0. The van der Waals surface area contributed by atoms with Crippen molar-refractivity contribution in [3.63, 3.8) is 0 Å². The molecule has 2 aliphatic carbocycles. The zero-order chi connectivity index (χ0) is 12.4. The Morgan fingerprint density at radius 2 is 1.35 bits per heavy atom. The highest BCUT2D eigenvalue weighted by atomic mass is 16.2. The van der Waals surface area contributed by atoms with Gasteiger partial charge in [-0.1, -0.05) is 0 Å². The van der Waals surface area contributed by atoms with Crippen molar-refractivity contribution in [3.05, 3.63) is 0 Å². The van der Waals surface area contributed by atoms with Gasteiger partial charge in [-0.2, -0.15) is 0 Å². The SMILES string of the molecule is CCNC(=O)[C@@H]1[C@H]2CC[C@@H](C2)[C@@H]1C(=O)NCC. The molecule has 2 N–H and O–H groups in total. The first-order chi connectivity index (χ1) is 8.19. The molecule has 2 fully saturated rings. The second kappa shape index (κ2) is 5.07. The lowest BCUT2D eigenvalue weighted by Crippen LogP contribution is -2.45. The minimum atomic E-state index is -0.0831. The van der Waals surface area contributed by atoms with Crippen LogP contribution in [0.5, 0.6) is 0 Å². The lowest BCUT2D eigenvalue weighted by atomic mass is 9.78. The number of carbonyl (C=O) groups is 2. The summed E-state index contributed by atoms with van der Waals surface area (Å²) in [5.74, 6) is 0.853. The third kappa shape index (κ3) is 2.17. The van der Waals surface area contributed by atoms with Crippen molar-refractivity contribution in [1.82, 2.24) is 10.6 Å². The topological polar surface area (TPSA) is 58.2 Å². The molecule has 2 bridgehead atoms. The summed E-state index contributed by atoms with van der Waals surface area (Å²) in [7, 11) is 0. The Kier molecular flexibility index (Phi) is 3.69. The molecule has 2 aliphatic rings. The molecule has 4 nitrogen and oxygen atoms in total. The number of nitrogens with one attached hydrogen (secondary N) is 2. The van der Waals surface area contributed by atoms with E-state index in [1.54, 1.807) is 0 Å². The van der Waals surface area contributed by atoms with E-state index in [4.69, 9.17) is 0 Å². The minimum Gasteiger partial charge on any atom is -0.356 e. The highest BCUT2D eigenvalue weighted by Gasteiger charge is 2.53. The summed E-state index contributed by atoms with van der Waals surface area (Å²) >= 11 is 0. The highest BCUT2D eigenvalue weighted by molar-refractivity contribution is 5.89. The first-order valence-corrected chi connectivity index (χ1v) is 6.74. The van der Waals surface area contributed by atoms with Crippen molar-refractivity contribution in [1.29, 1.82) is 0 Å². The number of hydrogen-bond acceptors (Lipinski definition) is 2. The monoisotopic (exact) mass is 238 g/mol. The molecule has 4 heteroatoms. The Labute approximate surface area is 103 Å². The van der Waals surface area contributed by atoms with Crippen LogP contribution in [-0.4, -0.2) is 24.9 Å². The van der Waals surface area contributed by atoms with Gasteiger partial charge in [0.2, 0.25) is 11.8 Å². The lowest BCUT2D eigenvalue weighted by molar-refractivity contribution is -0.137. The van der Waals surface area contributed by atoms with Crippen molar-refractivity contribution in [2.24, 2.45) is 23.7 Å². The standard InChI is InChI=1S/C13H22N2O2/c1-3-14-12(16)10-8-5-6-9(7-8)11(10)13(17)15-4-2/h8-11H,3-7H2,1-2H3,(H,14,16)(H,15,17)/t8-,9-,10-,11+/m0/s1. The molecule has 0 saturated heterocycles. The molecule has 0 radical (unpaired) electrons. The third-order valence-corrected chi connectivity index (χ3v) is 4.22. The zero-order valence-electron chi connectivity index (χ0n) is 10.7. The quantitative estimate of drug-likeness (QED) is 0.765. The number of hydrogen-bond donors (Lipinski definition) is 2. The molecule has 0 aliphatic heterocycles. The van der Waals surface area contributed by atoms with Crippen molar-refractivity contribution in [3.8, 4) is 0 Å². The number of rotatable bonds is 4. The number of carbonyl (C=O) groups excluding carboxylic acids is 2. The van der Waals surface area contributed by atoms with Gasteiger partial charge in [-0.15, -0.1) is 0 Å². The van der Waals surface area contributed by atoms with E-state index in [-0.39, 0.29) is 23.7 Å². The molecule has 4 atom stereocenters. The molecule has 0 heterocycles. The van der Waals surface area contributed by atoms with Gasteiger partial charge < -0.3 is 10.6 Å². The van der Waals surface area contributed by atoms with E-state index in [0.29, 0.717) is 24.9 Å². The predicted octanol–water partition coefficient (Wildman–Crippen LogP) is 0.921. The van der Waals surface area contributed by atoms with Gasteiger partial charge in [0.25, 0.3) is 0 Å². The van der Waals surface area contributed by atoms with Crippen molar-refractivity contribution in [2.75, 3.05) is 13.1 Å². The first-order valence-electron chi connectivity index (χ1n) is 6.74. The molecule has 0 unspecified atom stereocenters. The maximum absolute atomic E-state index is 12.1. The summed E-state index contributed by atoms with van der Waals surface area (Å²) in [6, 6.07) is 0. The predicted molar refractivity (Wildman–Crippen MR) is 65.2 cm³/mol. The first kappa shape index (κ1) is 12.4. The Morgan fingerprint density at radius 1 is 0.941 bits per heavy atom. The normalized spacial score (nSPS) is 34.7. The van der Waals surface area contributed by atoms with E-state index < -0.39 is 0 Å². The van der Waals surface area contributed by atoms with Crippen molar-refractivity contribution < 1.29 is 9.59 Å². The van der Waals surface area contributed by atoms with Crippen LogP contribution in [-0.2, 0) is 9.59 Å². The highest BCUT2D eigenvalue weighted by Crippen LogP contribution is 2.52. The van der Waals surface area contributed by atoms with Gasteiger partial charge in [0.05, 0.1) is 11.8 Å². The second-order valence-electron chi connectivity index (χ2n) is 5.17. The molecule has 96 valence electrons. The third-order valence-electron chi connectivity index (χ3n) is 4.22. The summed E-state index contributed by atoms with van der Waals surface area (Å²) < 4.78 is 0.